The van der Waals surface area contributed by atoms with Gasteiger partial charge in [0.15, 0.2) is 0 Å². The quantitative estimate of drug-likeness (QED) is 0.864. The molecule has 0 bridgehead atoms. The van der Waals surface area contributed by atoms with Crippen LogP contribution in [0, 0.1) is 3.57 Å². The van der Waals surface area contributed by atoms with Gasteiger partial charge in [0.2, 0.25) is 5.88 Å². The number of rotatable bonds is 2. The van der Waals surface area contributed by atoms with E-state index in [2.05, 4.69) is 37.5 Å². The molecule has 0 aliphatic carbocycles. The van der Waals surface area contributed by atoms with E-state index in [1.165, 1.54) is 0 Å². The van der Waals surface area contributed by atoms with E-state index in [1.807, 2.05) is 6.07 Å². The van der Waals surface area contributed by atoms with E-state index >= 15 is 0 Å². The normalized spacial score (nSPS) is 10.1. The molecule has 72 valence electrons. The molecule has 0 aromatic carbocycles. The summed E-state index contributed by atoms with van der Waals surface area (Å²) in [5.41, 5.74) is 0.903. The lowest BCUT2D eigenvalue weighted by molar-refractivity contribution is 0.399. The Morgan fingerprint density at radius 1 is 1.36 bits per heavy atom. The first-order chi connectivity index (χ1) is 6.83. The molecule has 1 N–H and O–H groups in total. The lowest BCUT2D eigenvalue weighted by atomic mass is 10.2. The Morgan fingerprint density at radius 3 is 2.86 bits per heavy atom. The van der Waals surface area contributed by atoms with Crippen molar-refractivity contribution in [2.45, 2.75) is 0 Å². The van der Waals surface area contributed by atoms with Crippen LogP contribution in [0.3, 0.4) is 0 Å². The minimum absolute atomic E-state index is 0.590. The maximum atomic E-state index is 5.17. The Hall–Kier alpha value is -1.11. The molecule has 5 heteroatoms. The second-order valence-corrected chi connectivity index (χ2v) is 3.78. The zero-order valence-corrected chi connectivity index (χ0v) is 9.65. The summed E-state index contributed by atoms with van der Waals surface area (Å²) in [4.78, 5) is 11.3. The summed E-state index contributed by atoms with van der Waals surface area (Å²) in [6, 6.07) is 1.92. The number of nitrogens with one attached hydrogen (secondary N) is 1. The third-order valence-electron chi connectivity index (χ3n) is 1.79. The van der Waals surface area contributed by atoms with Crippen LogP contribution >= 0.6 is 22.6 Å². The highest BCUT2D eigenvalue weighted by Crippen LogP contribution is 2.29. The number of hydrogen-bond acceptors (Lipinski definition) is 3. The Labute approximate surface area is 94.9 Å². The average Bonchev–Trinajstić information content (AvgIpc) is 2.70. The van der Waals surface area contributed by atoms with E-state index in [-0.39, 0.29) is 0 Å². The van der Waals surface area contributed by atoms with Crippen molar-refractivity contribution < 1.29 is 4.74 Å². The summed E-state index contributed by atoms with van der Waals surface area (Å²) in [7, 11) is 1.60. The van der Waals surface area contributed by atoms with Gasteiger partial charge in [-0.3, -0.25) is 0 Å². The predicted molar refractivity (Wildman–Crippen MR) is 61.1 cm³/mol. The summed E-state index contributed by atoms with van der Waals surface area (Å²) in [5.74, 6) is 1.37. The van der Waals surface area contributed by atoms with Gasteiger partial charge in [-0.1, -0.05) is 0 Å². The number of ether oxygens (including phenoxy) is 1. The summed E-state index contributed by atoms with van der Waals surface area (Å²) >= 11 is 2.23. The summed E-state index contributed by atoms with van der Waals surface area (Å²) < 4.78 is 6.23. The van der Waals surface area contributed by atoms with Gasteiger partial charge in [-0.2, -0.15) is 0 Å². The highest BCUT2D eigenvalue weighted by atomic mass is 127. The molecule has 0 aliphatic rings. The van der Waals surface area contributed by atoms with Crippen molar-refractivity contribution in [1.82, 2.24) is 15.0 Å². The molecule has 14 heavy (non-hydrogen) atoms. The van der Waals surface area contributed by atoms with Crippen LogP contribution in [0.2, 0.25) is 0 Å². The minimum atomic E-state index is 0.590. The molecule has 0 spiro atoms. The summed E-state index contributed by atoms with van der Waals surface area (Å²) in [6.07, 6.45) is 5.20. The van der Waals surface area contributed by atoms with Crippen molar-refractivity contribution in [2.24, 2.45) is 0 Å². The molecular weight excluding hydrogens is 293 g/mol. The molecule has 2 aromatic rings. The number of nitrogens with zero attached hydrogens (tertiary/aromatic N) is 2. The molecule has 0 aliphatic heterocycles. The minimum Gasteiger partial charge on any atom is -0.480 e. The van der Waals surface area contributed by atoms with E-state index in [0.29, 0.717) is 5.88 Å². The fourth-order valence-electron chi connectivity index (χ4n) is 1.19. The van der Waals surface area contributed by atoms with Gasteiger partial charge in [0.25, 0.3) is 0 Å². The fraction of sp³-hybridized carbons (Fsp3) is 0.111. The largest absolute Gasteiger partial charge is 0.480 e. The van der Waals surface area contributed by atoms with Crippen LogP contribution < -0.4 is 4.74 Å². The summed E-state index contributed by atoms with van der Waals surface area (Å²) in [6.45, 7) is 0. The molecule has 2 aromatic heterocycles. The standard InChI is InChI=1S/C9H8IN3O/c1-14-9-7(6(10)2-3-13-9)8-11-4-5-12-8/h2-5H,1H3,(H,11,12). The Kier molecular flexibility index (Phi) is 2.67. The molecule has 0 radical (unpaired) electrons. The van der Waals surface area contributed by atoms with Crippen LogP contribution in [-0.2, 0) is 0 Å². The fourth-order valence-corrected chi connectivity index (χ4v) is 1.84. The van der Waals surface area contributed by atoms with Crippen molar-refractivity contribution >= 4 is 22.6 Å². The number of H-pyrrole nitrogens is 1. The summed E-state index contributed by atoms with van der Waals surface area (Å²) in [5, 5.41) is 0. The molecule has 0 saturated heterocycles. The number of pyridine rings is 1. The first kappa shape index (κ1) is 9.45. The number of aromatic amines is 1. The smallest absolute Gasteiger partial charge is 0.225 e. The van der Waals surface area contributed by atoms with Gasteiger partial charge in [0.05, 0.1) is 12.7 Å². The van der Waals surface area contributed by atoms with Gasteiger partial charge in [-0.25, -0.2) is 9.97 Å². The van der Waals surface area contributed by atoms with Crippen LogP contribution in [-0.4, -0.2) is 22.1 Å². The lowest BCUT2D eigenvalue weighted by Gasteiger charge is -2.06. The second-order valence-electron chi connectivity index (χ2n) is 2.61. The second kappa shape index (κ2) is 3.95. The molecule has 2 heterocycles. The van der Waals surface area contributed by atoms with E-state index in [0.717, 1.165) is 15.0 Å². The van der Waals surface area contributed by atoms with Crippen LogP contribution in [0.15, 0.2) is 24.7 Å². The number of hydrogen-bond donors (Lipinski definition) is 1. The molecular formula is C9H8IN3O. The zero-order chi connectivity index (χ0) is 9.97. The molecule has 0 amide bonds. The van der Waals surface area contributed by atoms with Gasteiger partial charge in [0, 0.05) is 22.2 Å². The van der Waals surface area contributed by atoms with Gasteiger partial charge in [-0.05, 0) is 28.7 Å². The first-order valence-corrected chi connectivity index (χ1v) is 5.09. The molecule has 0 fully saturated rings. The first-order valence-electron chi connectivity index (χ1n) is 4.01. The van der Waals surface area contributed by atoms with E-state index in [1.54, 1.807) is 25.7 Å². The van der Waals surface area contributed by atoms with Gasteiger partial charge in [0.1, 0.15) is 5.82 Å². The van der Waals surface area contributed by atoms with Crippen molar-refractivity contribution in [2.75, 3.05) is 7.11 Å². The number of aromatic nitrogens is 3. The average molecular weight is 301 g/mol. The molecule has 0 unspecified atom stereocenters. The third-order valence-corrected chi connectivity index (χ3v) is 2.69. The molecule has 0 atom stereocenters. The molecule has 4 nitrogen and oxygen atoms in total. The van der Waals surface area contributed by atoms with Crippen molar-refractivity contribution in [3.8, 4) is 17.3 Å². The maximum Gasteiger partial charge on any atom is 0.225 e. The van der Waals surface area contributed by atoms with E-state index < -0.39 is 0 Å². The van der Waals surface area contributed by atoms with Gasteiger partial charge < -0.3 is 9.72 Å². The SMILES string of the molecule is COc1nccc(I)c1-c1ncc[nH]1. The van der Waals surface area contributed by atoms with Crippen molar-refractivity contribution in [3.63, 3.8) is 0 Å². The molecule has 0 saturated carbocycles. The van der Waals surface area contributed by atoms with Crippen LogP contribution in [0.1, 0.15) is 0 Å². The number of halogens is 1. The van der Waals surface area contributed by atoms with Crippen LogP contribution in [0.4, 0.5) is 0 Å². The lowest BCUT2D eigenvalue weighted by Crippen LogP contribution is -1.94. The Balaban J connectivity index is 2.61. The maximum absolute atomic E-state index is 5.17. The Bertz CT molecular complexity index is 428. The van der Waals surface area contributed by atoms with Gasteiger partial charge >= 0.3 is 0 Å². The predicted octanol–water partition coefficient (Wildman–Crippen LogP) is 2.08. The van der Waals surface area contributed by atoms with Crippen LogP contribution in [0.5, 0.6) is 5.88 Å². The van der Waals surface area contributed by atoms with Crippen molar-refractivity contribution in [1.29, 1.82) is 0 Å². The highest BCUT2D eigenvalue weighted by Gasteiger charge is 2.12. The zero-order valence-electron chi connectivity index (χ0n) is 7.49. The Morgan fingerprint density at radius 2 is 2.21 bits per heavy atom. The van der Waals surface area contributed by atoms with E-state index in [9.17, 15) is 0 Å². The van der Waals surface area contributed by atoms with Crippen molar-refractivity contribution in [3.05, 3.63) is 28.2 Å². The number of imidazole rings is 1. The van der Waals surface area contributed by atoms with E-state index in [4.69, 9.17) is 4.74 Å². The molecule has 2 rings (SSSR count). The number of methoxy groups -OCH3 is 1. The highest BCUT2D eigenvalue weighted by molar-refractivity contribution is 14.1. The topological polar surface area (TPSA) is 50.8 Å². The van der Waals surface area contributed by atoms with Gasteiger partial charge in [-0.15, -0.1) is 0 Å². The van der Waals surface area contributed by atoms with Crippen LogP contribution in [0.25, 0.3) is 11.4 Å². The monoisotopic (exact) mass is 301 g/mol. The third kappa shape index (κ3) is 1.59.